The summed E-state index contributed by atoms with van der Waals surface area (Å²) in [6, 6.07) is 19.4. The molecule has 0 saturated heterocycles. The molecule has 1 N–H and O–H groups in total. The molecule has 5 aromatic rings. The first-order chi connectivity index (χ1) is 14.1. The molecule has 3 aromatic carbocycles. The first-order valence-corrected chi connectivity index (χ1v) is 10.2. The topological polar surface area (TPSA) is 63.0 Å². The molecule has 0 aliphatic rings. The fourth-order valence-corrected chi connectivity index (χ4v) is 4.43. The Hall–Kier alpha value is -3.22. The van der Waals surface area contributed by atoms with Crippen LogP contribution in [0.4, 0.5) is 5.13 Å². The second-order valence-corrected chi connectivity index (χ2v) is 8.10. The number of thiazole rings is 1. The van der Waals surface area contributed by atoms with Gasteiger partial charge in [0.05, 0.1) is 21.5 Å². The summed E-state index contributed by atoms with van der Waals surface area (Å²) in [4.78, 5) is 22.0. The van der Waals surface area contributed by atoms with Gasteiger partial charge in [-0.25, -0.2) is 14.7 Å². The van der Waals surface area contributed by atoms with Gasteiger partial charge in [0.25, 0.3) is 5.56 Å². The van der Waals surface area contributed by atoms with Gasteiger partial charge in [-0.05, 0) is 36.6 Å². The molecule has 0 fully saturated rings. The standard InChI is InChI=1S/C22H15ClN4OS/c1-13-17(12-24-22-25-18-10-9-15(23)11-20(18)29-22)21(28)27(26-13)19-8-4-6-14-5-2-3-7-16(14)19/h2-12,26H,1H3. The normalized spacial score (nSPS) is 11.8. The minimum atomic E-state index is -0.147. The van der Waals surface area contributed by atoms with E-state index in [1.54, 1.807) is 17.0 Å². The van der Waals surface area contributed by atoms with Crippen LogP contribution in [0.1, 0.15) is 11.3 Å². The lowest BCUT2D eigenvalue weighted by Gasteiger charge is -2.06. The third kappa shape index (κ3) is 3.16. The molecule has 0 bridgehead atoms. The maximum Gasteiger partial charge on any atom is 0.280 e. The van der Waals surface area contributed by atoms with E-state index in [9.17, 15) is 4.79 Å². The van der Waals surface area contributed by atoms with Gasteiger partial charge in [0.2, 0.25) is 5.13 Å². The van der Waals surface area contributed by atoms with E-state index in [4.69, 9.17) is 11.6 Å². The Bertz CT molecular complexity index is 1460. The smallest absolute Gasteiger partial charge is 0.280 e. The lowest BCUT2D eigenvalue weighted by atomic mass is 10.1. The van der Waals surface area contributed by atoms with E-state index in [1.165, 1.54) is 11.3 Å². The maximum absolute atomic E-state index is 13.1. The number of halogens is 1. The van der Waals surface area contributed by atoms with Gasteiger partial charge >= 0.3 is 0 Å². The predicted molar refractivity (Wildman–Crippen MR) is 121 cm³/mol. The Morgan fingerprint density at radius 3 is 2.86 bits per heavy atom. The molecule has 2 aromatic heterocycles. The number of aryl methyl sites for hydroxylation is 1. The number of rotatable bonds is 3. The Morgan fingerprint density at radius 2 is 1.97 bits per heavy atom. The summed E-state index contributed by atoms with van der Waals surface area (Å²) in [6.07, 6.45) is 1.58. The van der Waals surface area contributed by atoms with Crippen molar-refractivity contribution in [1.82, 2.24) is 14.8 Å². The van der Waals surface area contributed by atoms with Gasteiger partial charge in [0, 0.05) is 22.3 Å². The van der Waals surface area contributed by atoms with E-state index >= 15 is 0 Å². The number of H-pyrrole nitrogens is 1. The van der Waals surface area contributed by atoms with Gasteiger partial charge in [-0.2, -0.15) is 0 Å². The molecule has 0 aliphatic heterocycles. The summed E-state index contributed by atoms with van der Waals surface area (Å²) in [6.45, 7) is 1.86. The molecular weight excluding hydrogens is 404 g/mol. The van der Waals surface area contributed by atoms with Crippen LogP contribution in [0.3, 0.4) is 0 Å². The van der Waals surface area contributed by atoms with Gasteiger partial charge in [-0.15, -0.1) is 0 Å². The zero-order chi connectivity index (χ0) is 20.0. The summed E-state index contributed by atoms with van der Waals surface area (Å²) in [5.74, 6) is 0. The SMILES string of the molecule is Cc1[nH]n(-c2cccc3ccccc23)c(=O)c1C=Nc1nc2ccc(Cl)cc2s1. The zero-order valence-corrected chi connectivity index (χ0v) is 17.0. The molecule has 142 valence electrons. The molecule has 0 aliphatic carbocycles. The van der Waals surface area contributed by atoms with Crippen LogP contribution in [0.25, 0.3) is 26.7 Å². The minimum Gasteiger partial charge on any atom is -0.295 e. The minimum absolute atomic E-state index is 0.147. The summed E-state index contributed by atoms with van der Waals surface area (Å²) in [5.41, 5.74) is 2.76. The van der Waals surface area contributed by atoms with Crippen molar-refractivity contribution in [3.63, 3.8) is 0 Å². The van der Waals surface area contributed by atoms with Crippen molar-refractivity contribution in [3.8, 4) is 5.69 Å². The van der Waals surface area contributed by atoms with Crippen LogP contribution in [-0.2, 0) is 0 Å². The molecule has 0 radical (unpaired) electrons. The number of nitrogens with zero attached hydrogens (tertiary/aromatic N) is 3. The zero-order valence-electron chi connectivity index (χ0n) is 15.4. The summed E-state index contributed by atoms with van der Waals surface area (Å²) < 4.78 is 2.53. The maximum atomic E-state index is 13.1. The summed E-state index contributed by atoms with van der Waals surface area (Å²) in [7, 11) is 0. The highest BCUT2D eigenvalue weighted by atomic mass is 35.5. The molecule has 5 rings (SSSR count). The number of aromatic amines is 1. The van der Waals surface area contributed by atoms with Gasteiger partial charge in [-0.3, -0.25) is 9.89 Å². The molecular formula is C22H15ClN4OS. The van der Waals surface area contributed by atoms with Gasteiger partial charge in [0.15, 0.2) is 0 Å². The Kier molecular flexibility index (Phi) is 4.30. The molecule has 5 nitrogen and oxygen atoms in total. The van der Waals surface area contributed by atoms with Crippen LogP contribution >= 0.6 is 22.9 Å². The van der Waals surface area contributed by atoms with Crippen molar-refractivity contribution in [1.29, 1.82) is 0 Å². The average Bonchev–Trinajstić information content (AvgIpc) is 3.25. The Balaban J connectivity index is 1.57. The first-order valence-electron chi connectivity index (χ1n) is 9.00. The van der Waals surface area contributed by atoms with E-state index in [0.717, 1.165) is 32.4 Å². The van der Waals surface area contributed by atoms with Crippen molar-refractivity contribution in [2.45, 2.75) is 6.92 Å². The van der Waals surface area contributed by atoms with E-state index in [0.29, 0.717) is 15.7 Å². The quantitative estimate of drug-likeness (QED) is 0.385. The molecule has 0 amide bonds. The van der Waals surface area contributed by atoms with Gasteiger partial charge in [0.1, 0.15) is 0 Å². The number of hydrogen-bond acceptors (Lipinski definition) is 4. The van der Waals surface area contributed by atoms with Gasteiger partial charge in [-0.1, -0.05) is 59.3 Å². The number of aromatic nitrogens is 3. The van der Waals surface area contributed by atoms with Crippen molar-refractivity contribution >= 4 is 55.3 Å². The largest absolute Gasteiger partial charge is 0.295 e. The molecule has 0 atom stereocenters. The van der Waals surface area contributed by atoms with E-state index in [1.807, 2.05) is 61.5 Å². The molecule has 29 heavy (non-hydrogen) atoms. The first kappa shape index (κ1) is 17.8. The van der Waals surface area contributed by atoms with Crippen LogP contribution in [0, 0.1) is 6.92 Å². The summed E-state index contributed by atoms with van der Waals surface area (Å²) in [5, 5.41) is 6.50. The lowest BCUT2D eigenvalue weighted by molar-refractivity contribution is 0.841. The monoisotopic (exact) mass is 418 g/mol. The van der Waals surface area contributed by atoms with Crippen molar-refractivity contribution in [3.05, 3.63) is 87.3 Å². The van der Waals surface area contributed by atoms with Crippen molar-refractivity contribution in [2.24, 2.45) is 4.99 Å². The summed E-state index contributed by atoms with van der Waals surface area (Å²) >= 11 is 7.47. The second kappa shape index (κ2) is 6.99. The molecule has 0 saturated carbocycles. The van der Waals surface area contributed by atoms with Crippen LogP contribution in [-0.4, -0.2) is 21.0 Å². The van der Waals surface area contributed by atoms with E-state index in [-0.39, 0.29) is 5.56 Å². The predicted octanol–water partition coefficient (Wildman–Crippen LogP) is 5.64. The number of nitrogens with one attached hydrogen (secondary N) is 1. The second-order valence-electron chi connectivity index (χ2n) is 6.66. The molecule has 0 unspecified atom stereocenters. The highest BCUT2D eigenvalue weighted by molar-refractivity contribution is 7.22. The third-order valence-electron chi connectivity index (χ3n) is 4.77. The van der Waals surface area contributed by atoms with Crippen LogP contribution < -0.4 is 5.56 Å². The van der Waals surface area contributed by atoms with Crippen LogP contribution in [0.15, 0.2) is 70.5 Å². The fourth-order valence-electron chi connectivity index (χ4n) is 3.35. The van der Waals surface area contributed by atoms with Crippen LogP contribution in [0.2, 0.25) is 5.02 Å². The Labute approximate surface area is 174 Å². The number of aliphatic imine (C=N–C) groups is 1. The molecule has 0 spiro atoms. The van der Waals surface area contributed by atoms with Crippen molar-refractivity contribution in [2.75, 3.05) is 0 Å². The van der Waals surface area contributed by atoms with Gasteiger partial charge < -0.3 is 0 Å². The molecule has 2 heterocycles. The lowest BCUT2D eigenvalue weighted by Crippen LogP contribution is -2.17. The highest BCUT2D eigenvalue weighted by Crippen LogP contribution is 2.30. The number of fused-ring (bicyclic) bond motifs is 2. The average molecular weight is 419 g/mol. The number of hydrogen-bond donors (Lipinski definition) is 1. The van der Waals surface area contributed by atoms with Crippen LogP contribution in [0.5, 0.6) is 0 Å². The third-order valence-corrected chi connectivity index (χ3v) is 5.93. The fraction of sp³-hybridized carbons (Fsp3) is 0.0455. The van der Waals surface area contributed by atoms with E-state index < -0.39 is 0 Å². The van der Waals surface area contributed by atoms with Crippen molar-refractivity contribution < 1.29 is 0 Å². The highest BCUT2D eigenvalue weighted by Gasteiger charge is 2.13. The Morgan fingerprint density at radius 1 is 1.14 bits per heavy atom. The number of benzene rings is 3. The molecule has 7 heteroatoms. The van der Waals surface area contributed by atoms with E-state index in [2.05, 4.69) is 15.1 Å².